The van der Waals surface area contributed by atoms with Crippen LogP contribution in [0, 0.1) is 0 Å². The van der Waals surface area contributed by atoms with Crippen LogP contribution < -0.4 is 4.74 Å². The van der Waals surface area contributed by atoms with Crippen molar-refractivity contribution < 1.29 is 22.7 Å². The van der Waals surface area contributed by atoms with Gasteiger partial charge in [-0.25, -0.2) is 8.42 Å². The molecule has 0 fully saturated rings. The van der Waals surface area contributed by atoms with Gasteiger partial charge in [-0.05, 0) is 56.7 Å². The lowest BCUT2D eigenvalue weighted by molar-refractivity contribution is -0.154. The lowest BCUT2D eigenvalue weighted by atomic mass is 10.1. The molecule has 0 amide bonds. The van der Waals surface area contributed by atoms with Crippen LogP contribution in [0.4, 0.5) is 0 Å². The summed E-state index contributed by atoms with van der Waals surface area (Å²) >= 11 is 0. The lowest BCUT2D eigenvalue weighted by Crippen LogP contribution is -2.38. The summed E-state index contributed by atoms with van der Waals surface area (Å²) in [5, 5.41) is -1.36. The number of carbonyl (C=O) groups is 1. The highest BCUT2D eigenvalue weighted by molar-refractivity contribution is 7.92. The van der Waals surface area contributed by atoms with Crippen LogP contribution in [0.15, 0.2) is 53.7 Å². The largest absolute Gasteiger partial charge is 0.497 e. The Bertz CT molecular complexity index is 840. The third-order valence-corrected chi connectivity index (χ3v) is 5.61. The fraction of sp³-hybridized carbons (Fsp3) is 0.368. The molecular formula is C19H23NO5S. The zero-order valence-corrected chi connectivity index (χ0v) is 16.1. The summed E-state index contributed by atoms with van der Waals surface area (Å²) in [5.74, 6) is -0.248. The van der Waals surface area contributed by atoms with Crippen LogP contribution in [-0.4, -0.2) is 37.3 Å². The summed E-state index contributed by atoms with van der Waals surface area (Å²) in [6.07, 6.45) is 3.11. The van der Waals surface area contributed by atoms with E-state index in [9.17, 15) is 13.2 Å². The van der Waals surface area contributed by atoms with Gasteiger partial charge in [0.25, 0.3) is 0 Å². The highest BCUT2D eigenvalue weighted by atomic mass is 32.2. The molecule has 0 saturated carbocycles. The molecule has 7 heteroatoms. The second kappa shape index (κ2) is 7.86. The van der Waals surface area contributed by atoms with Crippen molar-refractivity contribution >= 4 is 15.8 Å². The predicted molar refractivity (Wildman–Crippen MR) is 97.8 cm³/mol. The highest BCUT2D eigenvalue weighted by Crippen LogP contribution is 2.24. The van der Waals surface area contributed by atoms with E-state index in [4.69, 9.17) is 9.47 Å². The summed E-state index contributed by atoms with van der Waals surface area (Å²) in [6.45, 7) is 5.10. The van der Waals surface area contributed by atoms with Gasteiger partial charge in [0.1, 0.15) is 11.4 Å². The smallest absolute Gasteiger partial charge is 0.325 e. The molecule has 140 valence electrons. The van der Waals surface area contributed by atoms with Gasteiger partial charge in [-0.3, -0.25) is 9.78 Å². The second-order valence-electron chi connectivity index (χ2n) is 6.81. The molecule has 1 heterocycles. The monoisotopic (exact) mass is 377 g/mol. The van der Waals surface area contributed by atoms with Crippen LogP contribution in [0.1, 0.15) is 26.3 Å². The molecule has 2 rings (SSSR count). The summed E-state index contributed by atoms with van der Waals surface area (Å²) in [4.78, 5) is 16.7. The molecule has 1 aromatic heterocycles. The number of sulfone groups is 1. The number of methoxy groups -OCH3 is 1. The van der Waals surface area contributed by atoms with Gasteiger partial charge in [-0.15, -0.1) is 0 Å². The van der Waals surface area contributed by atoms with Gasteiger partial charge in [0, 0.05) is 18.8 Å². The van der Waals surface area contributed by atoms with Crippen LogP contribution >= 0.6 is 0 Å². The van der Waals surface area contributed by atoms with Crippen LogP contribution in [0.2, 0.25) is 0 Å². The zero-order valence-electron chi connectivity index (χ0n) is 15.3. The maximum atomic E-state index is 13.1. The van der Waals surface area contributed by atoms with E-state index in [-0.39, 0.29) is 11.3 Å². The molecule has 0 aliphatic heterocycles. The Morgan fingerprint density at radius 2 is 1.81 bits per heavy atom. The molecule has 0 saturated heterocycles. The van der Waals surface area contributed by atoms with Crippen molar-refractivity contribution in [1.29, 1.82) is 0 Å². The third kappa shape index (κ3) is 5.05. The van der Waals surface area contributed by atoms with Gasteiger partial charge in [0.2, 0.25) is 0 Å². The number of hydrogen-bond acceptors (Lipinski definition) is 6. The van der Waals surface area contributed by atoms with Crippen molar-refractivity contribution in [2.75, 3.05) is 7.11 Å². The van der Waals surface area contributed by atoms with E-state index in [0.29, 0.717) is 11.3 Å². The van der Waals surface area contributed by atoms with Gasteiger partial charge < -0.3 is 9.47 Å². The van der Waals surface area contributed by atoms with Gasteiger partial charge >= 0.3 is 5.97 Å². The first kappa shape index (κ1) is 19.9. The van der Waals surface area contributed by atoms with E-state index in [2.05, 4.69) is 4.98 Å². The fourth-order valence-corrected chi connectivity index (χ4v) is 3.91. The number of pyridine rings is 1. The summed E-state index contributed by atoms with van der Waals surface area (Å²) in [7, 11) is -2.46. The van der Waals surface area contributed by atoms with Crippen molar-refractivity contribution in [3.63, 3.8) is 0 Å². The van der Waals surface area contributed by atoms with Crippen molar-refractivity contribution in [2.45, 2.75) is 42.9 Å². The third-order valence-electron chi connectivity index (χ3n) is 3.58. The summed E-state index contributed by atoms with van der Waals surface area (Å²) in [5.41, 5.74) is -0.153. The van der Waals surface area contributed by atoms with E-state index < -0.39 is 26.7 Å². The Morgan fingerprint density at radius 1 is 1.15 bits per heavy atom. The number of nitrogens with zero attached hydrogens (tertiary/aromatic N) is 1. The van der Waals surface area contributed by atoms with E-state index in [1.807, 2.05) is 0 Å². The van der Waals surface area contributed by atoms with E-state index in [0.717, 1.165) is 0 Å². The number of carbonyl (C=O) groups excluding carboxylic acids is 1. The number of hydrogen-bond donors (Lipinski definition) is 0. The van der Waals surface area contributed by atoms with E-state index in [1.165, 1.54) is 19.2 Å². The summed E-state index contributed by atoms with van der Waals surface area (Å²) < 4.78 is 36.6. The maximum Gasteiger partial charge on any atom is 0.325 e. The number of benzene rings is 1. The topological polar surface area (TPSA) is 82.6 Å². The fourth-order valence-electron chi connectivity index (χ4n) is 2.35. The Labute approximate surface area is 154 Å². The minimum atomic E-state index is -3.95. The molecule has 0 N–H and O–H groups in total. The molecule has 0 bridgehead atoms. The van der Waals surface area contributed by atoms with Crippen LogP contribution in [-0.2, 0) is 25.8 Å². The molecule has 0 aliphatic carbocycles. The minimum Gasteiger partial charge on any atom is -0.497 e. The number of esters is 1. The molecular weight excluding hydrogens is 354 g/mol. The van der Waals surface area contributed by atoms with Gasteiger partial charge in [0.15, 0.2) is 15.1 Å². The highest BCUT2D eigenvalue weighted by Gasteiger charge is 2.37. The minimum absolute atomic E-state index is 0.0168. The second-order valence-corrected chi connectivity index (χ2v) is 8.94. The first-order chi connectivity index (χ1) is 12.1. The van der Waals surface area contributed by atoms with Crippen molar-refractivity contribution in [3.05, 3.63) is 54.4 Å². The van der Waals surface area contributed by atoms with Gasteiger partial charge in [-0.1, -0.05) is 6.07 Å². The molecule has 1 unspecified atom stereocenters. The lowest BCUT2D eigenvalue weighted by Gasteiger charge is -2.24. The normalized spacial score (nSPS) is 13.1. The van der Waals surface area contributed by atoms with Crippen molar-refractivity contribution in [3.8, 4) is 5.75 Å². The van der Waals surface area contributed by atoms with Gasteiger partial charge in [0.05, 0.1) is 12.0 Å². The number of rotatable bonds is 6. The Hall–Kier alpha value is -2.41. The SMILES string of the molecule is COc1ccc(S(=O)(=O)C(Cc2cccnc2)C(=O)OC(C)(C)C)cc1. The predicted octanol–water partition coefficient (Wildman–Crippen LogP) is 2.82. The first-order valence-electron chi connectivity index (χ1n) is 8.13. The van der Waals surface area contributed by atoms with E-state index in [1.54, 1.807) is 57.4 Å². The number of ether oxygens (including phenoxy) is 2. The quantitative estimate of drug-likeness (QED) is 0.720. The molecule has 1 aromatic carbocycles. The molecule has 6 nitrogen and oxygen atoms in total. The zero-order chi connectivity index (χ0) is 19.4. The Morgan fingerprint density at radius 3 is 2.31 bits per heavy atom. The molecule has 1 atom stereocenters. The van der Waals surface area contributed by atoms with E-state index >= 15 is 0 Å². The average Bonchev–Trinajstić information content (AvgIpc) is 2.59. The van der Waals surface area contributed by atoms with Crippen LogP contribution in [0.5, 0.6) is 5.75 Å². The standard InChI is InChI=1S/C19H23NO5S/c1-19(2,3)25-18(21)17(12-14-6-5-11-20-13-14)26(22,23)16-9-7-15(24-4)8-10-16/h5-11,13,17H,12H2,1-4H3. The van der Waals surface area contributed by atoms with Crippen molar-refractivity contribution in [2.24, 2.45) is 0 Å². The summed E-state index contributed by atoms with van der Waals surface area (Å²) in [6, 6.07) is 9.37. The Balaban J connectivity index is 2.41. The average molecular weight is 377 g/mol. The molecule has 0 spiro atoms. The Kier molecular flexibility index (Phi) is 6.02. The molecule has 2 aromatic rings. The molecule has 0 radical (unpaired) electrons. The van der Waals surface area contributed by atoms with Gasteiger partial charge in [-0.2, -0.15) is 0 Å². The van der Waals surface area contributed by atoms with Crippen LogP contribution in [0.25, 0.3) is 0 Å². The number of aromatic nitrogens is 1. The maximum absolute atomic E-state index is 13.1. The molecule has 0 aliphatic rings. The molecule has 26 heavy (non-hydrogen) atoms. The first-order valence-corrected chi connectivity index (χ1v) is 9.68. The van der Waals surface area contributed by atoms with Crippen LogP contribution in [0.3, 0.4) is 0 Å². The van der Waals surface area contributed by atoms with Crippen molar-refractivity contribution in [1.82, 2.24) is 4.98 Å².